The molecule has 0 atom stereocenters. The van der Waals surface area contributed by atoms with E-state index >= 15 is 0 Å². The molecule has 0 fully saturated rings. The summed E-state index contributed by atoms with van der Waals surface area (Å²) in [6.45, 7) is 4.76. The summed E-state index contributed by atoms with van der Waals surface area (Å²) in [6.07, 6.45) is 0.533. The topological polar surface area (TPSA) is 93.2 Å². The van der Waals surface area contributed by atoms with E-state index in [0.717, 1.165) is 0 Å². The third-order valence-corrected chi connectivity index (χ3v) is 2.31. The maximum Gasteiger partial charge on any atom is 0.271 e. The van der Waals surface area contributed by atoms with Crippen LogP contribution in [0.5, 0.6) is 0 Å². The molecule has 0 bridgehead atoms. The number of hydrogen-bond acceptors (Lipinski definition) is 4. The van der Waals surface area contributed by atoms with Crippen LogP contribution in [0.3, 0.4) is 0 Å². The standard InChI is InChI=1S/C10H18N4O2/c1-3-14-9(8(11)7(2)13-14)10(16)12-5-4-6-15/h15H,3-6,11H2,1-2H3,(H,12,16). The molecule has 0 aliphatic heterocycles. The van der Waals surface area contributed by atoms with E-state index in [4.69, 9.17) is 10.8 Å². The van der Waals surface area contributed by atoms with Gasteiger partial charge in [-0.15, -0.1) is 0 Å². The van der Waals surface area contributed by atoms with E-state index in [0.29, 0.717) is 36.6 Å². The molecule has 0 aliphatic rings. The second-order valence-corrected chi connectivity index (χ2v) is 3.50. The number of carbonyl (C=O) groups is 1. The molecule has 4 N–H and O–H groups in total. The number of carbonyl (C=O) groups excluding carboxylic acids is 1. The lowest BCUT2D eigenvalue weighted by Gasteiger charge is -2.06. The highest BCUT2D eigenvalue weighted by Crippen LogP contribution is 2.15. The van der Waals surface area contributed by atoms with E-state index in [1.807, 2.05) is 6.92 Å². The second kappa shape index (κ2) is 5.50. The number of nitrogens with two attached hydrogens (primary N) is 1. The van der Waals surface area contributed by atoms with Crippen LogP contribution < -0.4 is 11.1 Å². The number of rotatable bonds is 5. The van der Waals surface area contributed by atoms with Gasteiger partial charge >= 0.3 is 0 Å². The highest BCUT2D eigenvalue weighted by atomic mass is 16.3. The summed E-state index contributed by atoms with van der Waals surface area (Å²) in [5.41, 5.74) is 7.27. The Hall–Kier alpha value is -1.56. The zero-order valence-corrected chi connectivity index (χ0v) is 9.66. The van der Waals surface area contributed by atoms with Crippen LogP contribution in [-0.2, 0) is 6.54 Å². The van der Waals surface area contributed by atoms with Crippen LogP contribution in [-0.4, -0.2) is 33.9 Å². The summed E-state index contributed by atoms with van der Waals surface area (Å²) in [7, 11) is 0. The number of aryl methyl sites for hydroxylation is 2. The van der Waals surface area contributed by atoms with Crippen molar-refractivity contribution in [3.05, 3.63) is 11.4 Å². The smallest absolute Gasteiger partial charge is 0.271 e. The van der Waals surface area contributed by atoms with Crippen LogP contribution in [0.1, 0.15) is 29.5 Å². The van der Waals surface area contributed by atoms with E-state index in [9.17, 15) is 4.79 Å². The highest BCUT2D eigenvalue weighted by Gasteiger charge is 2.18. The predicted octanol–water partition coefficient (Wildman–Crippen LogP) is -0.0942. The zero-order chi connectivity index (χ0) is 12.1. The van der Waals surface area contributed by atoms with Crippen LogP contribution in [0.4, 0.5) is 5.69 Å². The van der Waals surface area contributed by atoms with E-state index in [1.165, 1.54) is 0 Å². The monoisotopic (exact) mass is 226 g/mol. The van der Waals surface area contributed by atoms with Gasteiger partial charge in [0, 0.05) is 19.7 Å². The third kappa shape index (κ3) is 2.52. The SMILES string of the molecule is CCn1nc(C)c(N)c1C(=O)NCCCO. The van der Waals surface area contributed by atoms with Crippen molar-refractivity contribution in [2.45, 2.75) is 26.8 Å². The van der Waals surface area contributed by atoms with Crippen molar-refractivity contribution >= 4 is 11.6 Å². The minimum atomic E-state index is -0.242. The summed E-state index contributed by atoms with van der Waals surface area (Å²) < 4.78 is 1.58. The van der Waals surface area contributed by atoms with Crippen molar-refractivity contribution in [1.29, 1.82) is 0 Å². The quantitative estimate of drug-likeness (QED) is 0.611. The van der Waals surface area contributed by atoms with Crippen molar-refractivity contribution in [2.75, 3.05) is 18.9 Å². The molecule has 16 heavy (non-hydrogen) atoms. The van der Waals surface area contributed by atoms with Crippen molar-refractivity contribution in [3.8, 4) is 0 Å². The average Bonchev–Trinajstić information content (AvgIpc) is 2.55. The number of anilines is 1. The first-order valence-electron chi connectivity index (χ1n) is 5.33. The van der Waals surface area contributed by atoms with Crippen molar-refractivity contribution < 1.29 is 9.90 Å². The largest absolute Gasteiger partial charge is 0.396 e. The Balaban J connectivity index is 2.81. The van der Waals surface area contributed by atoms with Gasteiger partial charge < -0.3 is 16.2 Å². The molecule has 1 aromatic rings. The van der Waals surface area contributed by atoms with Crippen molar-refractivity contribution in [1.82, 2.24) is 15.1 Å². The van der Waals surface area contributed by atoms with Gasteiger partial charge in [-0.3, -0.25) is 9.48 Å². The molecule has 1 heterocycles. The zero-order valence-electron chi connectivity index (χ0n) is 9.66. The summed E-state index contributed by atoms with van der Waals surface area (Å²) >= 11 is 0. The Morgan fingerprint density at radius 1 is 1.62 bits per heavy atom. The molecule has 1 amide bonds. The number of hydrogen-bond donors (Lipinski definition) is 3. The van der Waals surface area contributed by atoms with Crippen LogP contribution in [0.25, 0.3) is 0 Å². The maximum absolute atomic E-state index is 11.8. The van der Waals surface area contributed by atoms with E-state index in [2.05, 4.69) is 10.4 Å². The first-order chi connectivity index (χ1) is 7.61. The van der Waals surface area contributed by atoms with Gasteiger partial charge in [-0.25, -0.2) is 0 Å². The predicted molar refractivity (Wildman–Crippen MR) is 61.1 cm³/mol. The summed E-state index contributed by atoms with van der Waals surface area (Å²) in [5.74, 6) is -0.242. The van der Waals surface area contributed by atoms with E-state index in [1.54, 1.807) is 11.6 Å². The van der Waals surface area contributed by atoms with Crippen molar-refractivity contribution in [3.63, 3.8) is 0 Å². The van der Waals surface area contributed by atoms with Gasteiger partial charge in [0.1, 0.15) is 5.69 Å². The van der Waals surface area contributed by atoms with Gasteiger partial charge in [-0.1, -0.05) is 0 Å². The fourth-order valence-corrected chi connectivity index (χ4v) is 1.43. The minimum Gasteiger partial charge on any atom is -0.396 e. The van der Waals surface area contributed by atoms with Crippen LogP contribution in [0.15, 0.2) is 0 Å². The van der Waals surface area contributed by atoms with Crippen LogP contribution >= 0.6 is 0 Å². The maximum atomic E-state index is 11.8. The Morgan fingerprint density at radius 3 is 2.88 bits per heavy atom. The summed E-state index contributed by atoms with van der Waals surface area (Å²) in [4.78, 5) is 11.8. The lowest BCUT2D eigenvalue weighted by atomic mass is 10.3. The molecule has 6 heteroatoms. The number of nitrogens with one attached hydrogen (secondary N) is 1. The molecule has 6 nitrogen and oxygen atoms in total. The molecule has 0 saturated heterocycles. The first-order valence-corrected chi connectivity index (χ1v) is 5.33. The van der Waals surface area contributed by atoms with E-state index < -0.39 is 0 Å². The first kappa shape index (κ1) is 12.5. The molecule has 0 radical (unpaired) electrons. The Kier molecular flexibility index (Phi) is 4.30. The van der Waals surface area contributed by atoms with Gasteiger partial charge in [-0.2, -0.15) is 5.10 Å². The molecule has 0 saturated carbocycles. The molecule has 0 unspecified atom stereocenters. The molecule has 0 aromatic carbocycles. The number of amides is 1. The molecule has 0 spiro atoms. The fraction of sp³-hybridized carbons (Fsp3) is 0.600. The van der Waals surface area contributed by atoms with Gasteiger partial charge in [0.05, 0.1) is 11.4 Å². The average molecular weight is 226 g/mol. The second-order valence-electron chi connectivity index (χ2n) is 3.50. The molecule has 0 aliphatic carbocycles. The molecule has 1 rings (SSSR count). The Bertz CT molecular complexity index is 373. The molecular weight excluding hydrogens is 208 g/mol. The van der Waals surface area contributed by atoms with Gasteiger partial charge in [0.25, 0.3) is 5.91 Å². The van der Waals surface area contributed by atoms with E-state index in [-0.39, 0.29) is 12.5 Å². The molecule has 90 valence electrons. The molecular formula is C10H18N4O2. The summed E-state index contributed by atoms with van der Waals surface area (Å²) in [6, 6.07) is 0. The minimum absolute atomic E-state index is 0.0574. The number of aliphatic hydroxyl groups excluding tert-OH is 1. The lowest BCUT2D eigenvalue weighted by Crippen LogP contribution is -2.28. The van der Waals surface area contributed by atoms with Gasteiger partial charge in [-0.05, 0) is 20.3 Å². The Morgan fingerprint density at radius 2 is 2.31 bits per heavy atom. The van der Waals surface area contributed by atoms with Gasteiger partial charge in [0.2, 0.25) is 0 Å². The number of aromatic nitrogens is 2. The highest BCUT2D eigenvalue weighted by molar-refractivity contribution is 5.97. The number of aliphatic hydroxyl groups is 1. The normalized spacial score (nSPS) is 10.4. The lowest BCUT2D eigenvalue weighted by molar-refractivity contribution is 0.0941. The number of nitrogens with zero attached hydrogens (tertiary/aromatic N) is 2. The Labute approximate surface area is 94.4 Å². The van der Waals surface area contributed by atoms with Gasteiger partial charge in [0.15, 0.2) is 0 Å². The number of nitrogen functional groups attached to an aromatic ring is 1. The molecule has 1 aromatic heterocycles. The summed E-state index contributed by atoms with van der Waals surface area (Å²) in [5, 5.41) is 15.5. The van der Waals surface area contributed by atoms with Crippen molar-refractivity contribution in [2.24, 2.45) is 0 Å². The van der Waals surface area contributed by atoms with Crippen LogP contribution in [0, 0.1) is 6.92 Å². The fourth-order valence-electron chi connectivity index (χ4n) is 1.43. The van der Waals surface area contributed by atoms with Crippen LogP contribution in [0.2, 0.25) is 0 Å². The third-order valence-electron chi connectivity index (χ3n) is 2.31.